The van der Waals surface area contributed by atoms with E-state index in [1.165, 1.54) is 11.0 Å². The number of rotatable bonds is 4. The molecular weight excluding hydrogens is 246 g/mol. The average Bonchev–Trinajstić information content (AvgIpc) is 2.83. The van der Waals surface area contributed by atoms with Gasteiger partial charge in [0.25, 0.3) is 0 Å². The largest absolute Gasteiger partial charge is 0.367 e. The smallest absolute Gasteiger partial charge is 0.242 e. The van der Waals surface area contributed by atoms with Gasteiger partial charge in [0.05, 0.1) is 5.69 Å². The molecule has 8 heteroatoms. The summed E-state index contributed by atoms with van der Waals surface area (Å²) in [6.07, 6.45) is 1.43. The van der Waals surface area contributed by atoms with Gasteiger partial charge < -0.3 is 11.1 Å². The molecule has 0 unspecified atom stereocenters. The summed E-state index contributed by atoms with van der Waals surface area (Å²) in [5.74, 6) is 0.0132. The number of hydrogen-bond acceptors (Lipinski definition) is 5. The number of hydrogen-bond donors (Lipinski definition) is 2. The monoisotopic (exact) mass is 263 g/mol. The number of aryl methyl sites for hydroxylation is 2. The van der Waals surface area contributed by atoms with Gasteiger partial charge in [-0.2, -0.15) is 5.10 Å². The number of nitrogens with two attached hydrogens (primary N) is 1. The van der Waals surface area contributed by atoms with Gasteiger partial charge in [0.2, 0.25) is 11.9 Å². The van der Waals surface area contributed by atoms with Gasteiger partial charge >= 0.3 is 0 Å². The zero-order valence-corrected chi connectivity index (χ0v) is 11.2. The van der Waals surface area contributed by atoms with Crippen molar-refractivity contribution in [3.63, 3.8) is 0 Å². The van der Waals surface area contributed by atoms with E-state index >= 15 is 0 Å². The lowest BCUT2D eigenvalue weighted by Crippen LogP contribution is -2.27. The first-order valence-corrected chi connectivity index (χ1v) is 5.88. The molecule has 8 nitrogen and oxygen atoms in total. The minimum atomic E-state index is -0.146. The van der Waals surface area contributed by atoms with Crippen LogP contribution in [0.5, 0.6) is 0 Å². The van der Waals surface area contributed by atoms with Crippen molar-refractivity contribution in [3.8, 4) is 0 Å². The van der Waals surface area contributed by atoms with Crippen molar-refractivity contribution < 1.29 is 4.79 Å². The Hall–Kier alpha value is -2.38. The Morgan fingerprint density at radius 2 is 2.16 bits per heavy atom. The van der Waals surface area contributed by atoms with Gasteiger partial charge in [0.15, 0.2) is 0 Å². The summed E-state index contributed by atoms with van der Waals surface area (Å²) in [5, 5.41) is 11.0. The highest BCUT2D eigenvalue weighted by atomic mass is 16.2. The first kappa shape index (κ1) is 13.1. The van der Waals surface area contributed by atoms with Gasteiger partial charge in [0.1, 0.15) is 12.9 Å². The highest BCUT2D eigenvalue weighted by Crippen LogP contribution is 2.10. The minimum Gasteiger partial charge on any atom is -0.367 e. The maximum Gasteiger partial charge on any atom is 0.242 e. The molecular formula is C11H17N7O. The highest BCUT2D eigenvalue weighted by Gasteiger charge is 2.11. The Balaban J connectivity index is 1.93. The fraction of sp³-hybridized carbons (Fsp3) is 0.455. The van der Waals surface area contributed by atoms with E-state index in [4.69, 9.17) is 5.73 Å². The van der Waals surface area contributed by atoms with E-state index in [9.17, 15) is 4.79 Å². The molecule has 19 heavy (non-hydrogen) atoms. The molecule has 0 aromatic carbocycles. The zero-order valence-electron chi connectivity index (χ0n) is 11.2. The summed E-state index contributed by atoms with van der Waals surface area (Å²) in [6, 6.07) is 0. The van der Waals surface area contributed by atoms with Crippen LogP contribution in [-0.4, -0.2) is 30.5 Å². The molecule has 2 rings (SSSR count). The van der Waals surface area contributed by atoms with Crippen LogP contribution in [-0.2, 0) is 24.9 Å². The Labute approximate surface area is 110 Å². The summed E-state index contributed by atoms with van der Waals surface area (Å²) < 4.78 is 3.20. The lowest BCUT2D eigenvalue weighted by molar-refractivity contribution is -0.122. The van der Waals surface area contributed by atoms with Crippen LogP contribution in [0.25, 0.3) is 0 Å². The summed E-state index contributed by atoms with van der Waals surface area (Å²) in [4.78, 5) is 15.5. The van der Waals surface area contributed by atoms with Crippen molar-refractivity contribution in [3.05, 3.63) is 23.3 Å². The van der Waals surface area contributed by atoms with Crippen LogP contribution >= 0.6 is 0 Å². The molecule has 0 radical (unpaired) electrons. The van der Waals surface area contributed by atoms with Crippen LogP contribution < -0.4 is 11.1 Å². The van der Waals surface area contributed by atoms with E-state index in [1.807, 2.05) is 20.9 Å². The van der Waals surface area contributed by atoms with Gasteiger partial charge in [-0.3, -0.25) is 9.48 Å². The topological polar surface area (TPSA) is 104 Å². The third kappa shape index (κ3) is 2.90. The van der Waals surface area contributed by atoms with Gasteiger partial charge in [-0.1, -0.05) is 0 Å². The van der Waals surface area contributed by atoms with Crippen molar-refractivity contribution in [2.45, 2.75) is 26.9 Å². The molecule has 0 saturated carbocycles. The van der Waals surface area contributed by atoms with Crippen LogP contribution in [0.2, 0.25) is 0 Å². The first-order valence-electron chi connectivity index (χ1n) is 5.88. The number of anilines is 1. The van der Waals surface area contributed by atoms with E-state index in [-0.39, 0.29) is 18.4 Å². The number of nitrogen functional groups attached to an aromatic ring is 1. The van der Waals surface area contributed by atoms with Gasteiger partial charge in [-0.25, -0.2) is 9.67 Å². The van der Waals surface area contributed by atoms with E-state index in [1.54, 1.807) is 4.68 Å². The van der Waals surface area contributed by atoms with E-state index in [0.717, 1.165) is 17.0 Å². The molecule has 0 aliphatic heterocycles. The highest BCUT2D eigenvalue weighted by molar-refractivity contribution is 5.75. The average molecular weight is 263 g/mol. The number of nitrogens with zero attached hydrogens (tertiary/aromatic N) is 5. The van der Waals surface area contributed by atoms with Crippen LogP contribution in [0.3, 0.4) is 0 Å². The molecule has 2 aromatic rings. The van der Waals surface area contributed by atoms with Crippen molar-refractivity contribution in [2.24, 2.45) is 7.05 Å². The van der Waals surface area contributed by atoms with Crippen LogP contribution in [0.1, 0.15) is 17.0 Å². The standard InChI is InChI=1S/C11H17N7O/c1-7-9(8(2)17(3)15-7)4-13-10(19)5-18-6-14-11(12)16-18/h6H,4-5H2,1-3H3,(H2,12,16)(H,13,19). The molecule has 3 N–H and O–H groups in total. The third-order valence-corrected chi connectivity index (χ3v) is 2.98. The maximum atomic E-state index is 11.8. The minimum absolute atomic E-state index is 0.0998. The fourth-order valence-corrected chi connectivity index (χ4v) is 1.85. The summed E-state index contributed by atoms with van der Waals surface area (Å²) in [6.45, 7) is 4.45. The molecule has 0 aliphatic rings. The summed E-state index contributed by atoms with van der Waals surface area (Å²) >= 11 is 0. The maximum absolute atomic E-state index is 11.8. The molecule has 2 heterocycles. The number of amides is 1. The molecule has 1 amide bonds. The molecule has 0 bridgehead atoms. The van der Waals surface area contributed by atoms with Crippen molar-refractivity contribution in [1.29, 1.82) is 0 Å². The molecule has 0 atom stereocenters. The van der Waals surface area contributed by atoms with Gasteiger partial charge in [-0.05, 0) is 13.8 Å². The lowest BCUT2D eigenvalue weighted by Gasteiger charge is -2.05. The third-order valence-electron chi connectivity index (χ3n) is 2.98. The molecule has 0 fully saturated rings. The molecule has 0 saturated heterocycles. The van der Waals surface area contributed by atoms with E-state index in [0.29, 0.717) is 6.54 Å². The summed E-state index contributed by atoms with van der Waals surface area (Å²) in [7, 11) is 1.88. The molecule has 0 aliphatic carbocycles. The Bertz CT molecular complexity index is 598. The fourth-order valence-electron chi connectivity index (χ4n) is 1.85. The van der Waals surface area contributed by atoms with Crippen molar-refractivity contribution in [2.75, 3.05) is 5.73 Å². The summed E-state index contributed by atoms with van der Waals surface area (Å²) in [5.41, 5.74) is 8.38. The Morgan fingerprint density at radius 3 is 2.68 bits per heavy atom. The van der Waals surface area contributed by atoms with Gasteiger partial charge in [0, 0.05) is 24.8 Å². The number of carbonyl (C=O) groups is 1. The molecule has 2 aromatic heterocycles. The van der Waals surface area contributed by atoms with E-state index in [2.05, 4.69) is 20.5 Å². The second kappa shape index (κ2) is 5.09. The second-order valence-electron chi connectivity index (χ2n) is 4.35. The van der Waals surface area contributed by atoms with Gasteiger partial charge in [-0.15, -0.1) is 5.10 Å². The number of carbonyl (C=O) groups excluding carboxylic acids is 1. The molecule has 0 spiro atoms. The number of aromatic nitrogens is 5. The van der Waals surface area contributed by atoms with Crippen molar-refractivity contribution in [1.82, 2.24) is 29.9 Å². The van der Waals surface area contributed by atoms with Crippen LogP contribution in [0, 0.1) is 13.8 Å². The van der Waals surface area contributed by atoms with Crippen LogP contribution in [0.15, 0.2) is 6.33 Å². The Kier molecular flexibility index (Phi) is 3.50. The quantitative estimate of drug-likeness (QED) is 0.776. The van der Waals surface area contributed by atoms with Crippen molar-refractivity contribution >= 4 is 11.9 Å². The van der Waals surface area contributed by atoms with E-state index < -0.39 is 0 Å². The lowest BCUT2D eigenvalue weighted by atomic mass is 10.2. The van der Waals surface area contributed by atoms with Crippen LogP contribution in [0.4, 0.5) is 5.95 Å². The predicted molar refractivity (Wildman–Crippen MR) is 69.0 cm³/mol. The molecule has 102 valence electrons. The first-order chi connectivity index (χ1) is 8.97. The predicted octanol–water partition coefficient (Wildman–Crippen LogP) is -0.473. The number of nitrogens with one attached hydrogen (secondary N) is 1. The SMILES string of the molecule is Cc1nn(C)c(C)c1CNC(=O)Cn1cnc(N)n1. The normalized spacial score (nSPS) is 10.7. The Morgan fingerprint density at radius 1 is 1.42 bits per heavy atom. The zero-order chi connectivity index (χ0) is 14.0. The second-order valence-corrected chi connectivity index (χ2v) is 4.35.